The molecule has 0 aliphatic rings. The highest BCUT2D eigenvalue weighted by molar-refractivity contribution is 5.86. The van der Waals surface area contributed by atoms with E-state index in [0.29, 0.717) is 23.9 Å². The van der Waals surface area contributed by atoms with Gasteiger partial charge < -0.3 is 14.8 Å². The number of furan rings is 1. The van der Waals surface area contributed by atoms with Crippen LogP contribution in [0.3, 0.4) is 0 Å². The van der Waals surface area contributed by atoms with E-state index in [-0.39, 0.29) is 5.76 Å². The Kier molecular flexibility index (Phi) is 3.59. The van der Waals surface area contributed by atoms with Gasteiger partial charge in [0.1, 0.15) is 11.6 Å². The third kappa shape index (κ3) is 2.96. The number of carboxylic acids is 1. The van der Waals surface area contributed by atoms with E-state index in [0.717, 1.165) is 5.82 Å². The van der Waals surface area contributed by atoms with E-state index >= 15 is 0 Å². The lowest BCUT2D eigenvalue weighted by Gasteiger charge is -2.04. The maximum absolute atomic E-state index is 10.9. The molecule has 0 unspecified atom stereocenters. The average Bonchev–Trinajstić information content (AvgIpc) is 2.92. The molecule has 0 aromatic carbocycles. The molecule has 0 saturated heterocycles. The monoisotopic (exact) mass is 263 g/mol. The first-order chi connectivity index (χ1) is 8.97. The Morgan fingerprint density at radius 2 is 2.32 bits per heavy atom. The quantitative estimate of drug-likeness (QED) is 0.866. The smallest absolute Gasteiger partial charge is 0.372 e. The summed E-state index contributed by atoms with van der Waals surface area (Å²) in [5.41, 5.74) is 0.622. The predicted molar refractivity (Wildman–Crippen MR) is 70.3 cm³/mol. The molecule has 0 aliphatic carbocycles. The molecular weight excluding hydrogens is 246 g/mol. The van der Waals surface area contributed by atoms with Crippen molar-refractivity contribution in [3.63, 3.8) is 0 Å². The molecule has 6 heteroatoms. The number of rotatable bonds is 5. The number of hydrogen-bond acceptors (Lipinski definition) is 4. The van der Waals surface area contributed by atoms with Crippen LogP contribution < -0.4 is 5.32 Å². The first-order valence-corrected chi connectivity index (χ1v) is 6.09. The van der Waals surface area contributed by atoms with Gasteiger partial charge in [0.25, 0.3) is 0 Å². The van der Waals surface area contributed by atoms with Crippen LogP contribution in [-0.4, -0.2) is 20.9 Å². The van der Waals surface area contributed by atoms with Crippen LogP contribution in [0.1, 0.15) is 41.8 Å². The standard InChI is InChI=1S/C13H17N3O3/c1-8(2)16-5-4-11(15-16)14-7-10-6-9(3)12(19-10)13(17)18/h4-6,8H,7H2,1-3H3,(H,14,15)(H,17,18). The summed E-state index contributed by atoms with van der Waals surface area (Å²) >= 11 is 0. The van der Waals surface area contributed by atoms with Crippen molar-refractivity contribution in [2.75, 3.05) is 5.32 Å². The van der Waals surface area contributed by atoms with Crippen LogP contribution in [0.5, 0.6) is 0 Å². The second-order valence-corrected chi connectivity index (χ2v) is 4.66. The van der Waals surface area contributed by atoms with Crippen molar-refractivity contribution < 1.29 is 14.3 Å². The van der Waals surface area contributed by atoms with Crippen LogP contribution in [0.25, 0.3) is 0 Å². The summed E-state index contributed by atoms with van der Waals surface area (Å²) in [5.74, 6) is 0.256. The number of carbonyl (C=O) groups is 1. The average molecular weight is 263 g/mol. The Hall–Kier alpha value is -2.24. The van der Waals surface area contributed by atoms with E-state index in [1.807, 2.05) is 30.8 Å². The maximum atomic E-state index is 10.9. The number of carboxylic acid groups (broad SMARTS) is 1. The van der Waals surface area contributed by atoms with Gasteiger partial charge in [-0.25, -0.2) is 4.79 Å². The lowest BCUT2D eigenvalue weighted by Crippen LogP contribution is -2.03. The van der Waals surface area contributed by atoms with Gasteiger partial charge in [0.2, 0.25) is 5.76 Å². The van der Waals surface area contributed by atoms with Gasteiger partial charge in [0.05, 0.1) is 6.54 Å². The van der Waals surface area contributed by atoms with Crippen molar-refractivity contribution in [3.8, 4) is 0 Å². The number of nitrogens with zero attached hydrogens (tertiary/aromatic N) is 2. The number of aromatic carboxylic acids is 1. The molecule has 0 atom stereocenters. The minimum atomic E-state index is -1.05. The molecule has 19 heavy (non-hydrogen) atoms. The van der Waals surface area contributed by atoms with Crippen LogP contribution in [0.2, 0.25) is 0 Å². The van der Waals surface area contributed by atoms with E-state index in [1.54, 1.807) is 13.0 Å². The van der Waals surface area contributed by atoms with Crippen LogP contribution in [0.15, 0.2) is 22.7 Å². The first kappa shape index (κ1) is 13.2. The second-order valence-electron chi connectivity index (χ2n) is 4.66. The zero-order valence-corrected chi connectivity index (χ0v) is 11.2. The van der Waals surface area contributed by atoms with Crippen molar-refractivity contribution in [1.29, 1.82) is 0 Å². The van der Waals surface area contributed by atoms with E-state index in [2.05, 4.69) is 10.4 Å². The van der Waals surface area contributed by atoms with E-state index < -0.39 is 5.97 Å². The highest BCUT2D eigenvalue weighted by Crippen LogP contribution is 2.16. The summed E-state index contributed by atoms with van der Waals surface area (Å²) in [7, 11) is 0. The van der Waals surface area contributed by atoms with Crippen LogP contribution in [-0.2, 0) is 6.54 Å². The summed E-state index contributed by atoms with van der Waals surface area (Å²) in [6.07, 6.45) is 1.89. The molecule has 0 aliphatic heterocycles. The number of hydrogen-bond donors (Lipinski definition) is 2. The molecule has 102 valence electrons. The summed E-state index contributed by atoms with van der Waals surface area (Å²) in [4.78, 5) is 10.9. The molecule has 0 amide bonds. The Morgan fingerprint density at radius 3 is 2.84 bits per heavy atom. The minimum Gasteiger partial charge on any atom is -0.475 e. The largest absolute Gasteiger partial charge is 0.475 e. The topological polar surface area (TPSA) is 80.3 Å². The summed E-state index contributed by atoms with van der Waals surface area (Å²) in [5, 5.41) is 16.3. The highest BCUT2D eigenvalue weighted by Gasteiger charge is 2.14. The summed E-state index contributed by atoms with van der Waals surface area (Å²) < 4.78 is 7.10. The minimum absolute atomic E-state index is 0.00971. The number of nitrogens with one attached hydrogen (secondary N) is 1. The molecule has 2 aromatic rings. The van der Waals surface area contributed by atoms with Crippen molar-refractivity contribution in [1.82, 2.24) is 9.78 Å². The molecule has 0 saturated carbocycles. The number of aryl methyl sites for hydroxylation is 1. The fourth-order valence-electron chi connectivity index (χ4n) is 1.75. The Balaban J connectivity index is 2.02. The van der Waals surface area contributed by atoms with Crippen molar-refractivity contribution in [2.24, 2.45) is 0 Å². The Bertz CT molecular complexity index is 584. The van der Waals surface area contributed by atoms with Crippen LogP contribution in [0.4, 0.5) is 5.82 Å². The fourth-order valence-corrected chi connectivity index (χ4v) is 1.75. The highest BCUT2D eigenvalue weighted by atomic mass is 16.4. The number of aromatic nitrogens is 2. The molecular formula is C13H17N3O3. The number of anilines is 1. The van der Waals surface area contributed by atoms with Gasteiger partial charge in [-0.15, -0.1) is 0 Å². The zero-order valence-electron chi connectivity index (χ0n) is 11.2. The SMILES string of the molecule is Cc1cc(CNc2ccn(C(C)C)n2)oc1C(=O)O. The molecule has 6 nitrogen and oxygen atoms in total. The van der Waals surface area contributed by atoms with Gasteiger partial charge in [-0.2, -0.15) is 5.10 Å². The van der Waals surface area contributed by atoms with E-state index in [1.165, 1.54) is 0 Å². The van der Waals surface area contributed by atoms with Crippen molar-refractivity contribution >= 4 is 11.8 Å². The molecule has 0 bridgehead atoms. The predicted octanol–water partition coefficient (Wildman–Crippen LogP) is 2.68. The third-order valence-corrected chi connectivity index (χ3v) is 2.74. The maximum Gasteiger partial charge on any atom is 0.372 e. The molecule has 0 spiro atoms. The van der Waals surface area contributed by atoms with Gasteiger partial charge in [-0.1, -0.05) is 0 Å². The van der Waals surface area contributed by atoms with Crippen LogP contribution in [0, 0.1) is 6.92 Å². The Labute approximate surface area is 111 Å². The third-order valence-electron chi connectivity index (χ3n) is 2.74. The molecule has 2 N–H and O–H groups in total. The lowest BCUT2D eigenvalue weighted by atomic mass is 10.2. The van der Waals surface area contributed by atoms with Crippen molar-refractivity contribution in [3.05, 3.63) is 35.4 Å². The molecule has 0 fully saturated rings. The van der Waals surface area contributed by atoms with Crippen molar-refractivity contribution in [2.45, 2.75) is 33.4 Å². The zero-order chi connectivity index (χ0) is 14.0. The van der Waals surface area contributed by atoms with E-state index in [9.17, 15) is 4.79 Å². The fraction of sp³-hybridized carbons (Fsp3) is 0.385. The molecule has 0 radical (unpaired) electrons. The molecule has 2 rings (SSSR count). The van der Waals surface area contributed by atoms with Gasteiger partial charge in [0.15, 0.2) is 0 Å². The van der Waals surface area contributed by atoms with Crippen LogP contribution >= 0.6 is 0 Å². The first-order valence-electron chi connectivity index (χ1n) is 6.09. The second kappa shape index (κ2) is 5.17. The van der Waals surface area contributed by atoms with Gasteiger partial charge in [-0.3, -0.25) is 4.68 Å². The molecule has 2 heterocycles. The van der Waals surface area contributed by atoms with Gasteiger partial charge in [-0.05, 0) is 26.8 Å². The lowest BCUT2D eigenvalue weighted by molar-refractivity contribution is 0.0659. The summed E-state index contributed by atoms with van der Waals surface area (Å²) in [6.45, 7) is 6.21. The summed E-state index contributed by atoms with van der Waals surface area (Å²) in [6, 6.07) is 3.89. The van der Waals surface area contributed by atoms with Gasteiger partial charge >= 0.3 is 5.97 Å². The van der Waals surface area contributed by atoms with E-state index in [4.69, 9.17) is 9.52 Å². The Morgan fingerprint density at radius 1 is 1.58 bits per heavy atom. The molecule has 2 aromatic heterocycles. The van der Waals surface area contributed by atoms with Gasteiger partial charge in [0, 0.05) is 23.9 Å². The normalized spacial score (nSPS) is 10.9.